The Kier molecular flexibility index (Phi) is 6.86. The summed E-state index contributed by atoms with van der Waals surface area (Å²) in [6, 6.07) is 12.0. The first-order chi connectivity index (χ1) is 12.4. The van der Waals surface area contributed by atoms with Crippen molar-refractivity contribution in [2.24, 2.45) is 0 Å². The van der Waals surface area contributed by atoms with E-state index in [-0.39, 0.29) is 17.2 Å². The molecule has 6 nitrogen and oxygen atoms in total. The van der Waals surface area contributed by atoms with Crippen molar-refractivity contribution in [3.05, 3.63) is 58.6 Å². The van der Waals surface area contributed by atoms with Crippen LogP contribution in [-0.2, 0) is 16.0 Å². The molecule has 0 bridgehead atoms. The molecule has 7 heteroatoms. The Morgan fingerprint density at radius 3 is 2.50 bits per heavy atom. The Morgan fingerprint density at radius 2 is 1.88 bits per heavy atom. The van der Waals surface area contributed by atoms with Crippen molar-refractivity contribution in [2.45, 2.75) is 19.4 Å². The van der Waals surface area contributed by atoms with Gasteiger partial charge in [0.1, 0.15) is 5.75 Å². The summed E-state index contributed by atoms with van der Waals surface area (Å²) in [5, 5.41) is 3.16. The van der Waals surface area contributed by atoms with Gasteiger partial charge < -0.3 is 20.5 Å². The second kappa shape index (κ2) is 9.10. The van der Waals surface area contributed by atoms with Crippen LogP contribution in [0.3, 0.4) is 0 Å². The minimum absolute atomic E-state index is 0.173. The highest BCUT2D eigenvalue weighted by molar-refractivity contribution is 6.31. The highest BCUT2D eigenvalue weighted by Gasteiger charge is 2.20. The number of methoxy groups -OCH3 is 1. The number of rotatable bonds is 7. The van der Waals surface area contributed by atoms with E-state index in [4.69, 9.17) is 26.8 Å². The number of hydrogen-bond donors (Lipinski definition) is 2. The maximum atomic E-state index is 12.1. The van der Waals surface area contributed by atoms with Crippen LogP contribution in [0.25, 0.3) is 0 Å². The second-order valence-corrected chi connectivity index (χ2v) is 6.10. The van der Waals surface area contributed by atoms with Gasteiger partial charge in [-0.05, 0) is 49.2 Å². The number of hydrogen-bond acceptors (Lipinski definition) is 5. The standard InChI is InChI=1S/C19H21ClN2O4/c1-12(26-19(24)16-8-5-14(20)11-17(16)21)18(23)22-10-9-13-3-6-15(25-2)7-4-13/h3-8,11-12H,9-10,21H2,1-2H3,(H,22,23)/t12-/m0/s1. The molecule has 2 rings (SSSR count). The lowest BCUT2D eigenvalue weighted by molar-refractivity contribution is -0.129. The molecular formula is C19H21ClN2O4. The number of amides is 1. The molecule has 2 aromatic rings. The predicted molar refractivity (Wildman–Crippen MR) is 100 cm³/mol. The van der Waals surface area contributed by atoms with Crippen molar-refractivity contribution in [1.29, 1.82) is 0 Å². The molecule has 0 fully saturated rings. The number of esters is 1. The zero-order valence-electron chi connectivity index (χ0n) is 14.6. The number of anilines is 1. The molecule has 0 aliphatic heterocycles. The van der Waals surface area contributed by atoms with Crippen LogP contribution in [0, 0.1) is 0 Å². The first-order valence-corrected chi connectivity index (χ1v) is 8.45. The predicted octanol–water partition coefficient (Wildman–Crippen LogP) is 2.84. The number of carbonyl (C=O) groups is 2. The third-order valence-electron chi connectivity index (χ3n) is 3.76. The quantitative estimate of drug-likeness (QED) is 0.572. The Balaban J connectivity index is 1.82. The van der Waals surface area contributed by atoms with Crippen molar-refractivity contribution in [3.63, 3.8) is 0 Å². The van der Waals surface area contributed by atoms with E-state index < -0.39 is 12.1 Å². The van der Waals surface area contributed by atoms with Crippen LogP contribution in [0.15, 0.2) is 42.5 Å². The number of nitrogen functional groups attached to an aromatic ring is 1. The van der Waals surface area contributed by atoms with E-state index in [1.165, 1.54) is 25.1 Å². The van der Waals surface area contributed by atoms with Crippen molar-refractivity contribution < 1.29 is 19.1 Å². The topological polar surface area (TPSA) is 90.6 Å². The number of nitrogens with two attached hydrogens (primary N) is 1. The van der Waals surface area contributed by atoms with Gasteiger partial charge in [0.15, 0.2) is 6.10 Å². The van der Waals surface area contributed by atoms with Crippen LogP contribution in [0.1, 0.15) is 22.8 Å². The van der Waals surface area contributed by atoms with Gasteiger partial charge in [-0.15, -0.1) is 0 Å². The lowest BCUT2D eigenvalue weighted by Gasteiger charge is -2.14. The van der Waals surface area contributed by atoms with Crippen LogP contribution in [-0.4, -0.2) is 31.6 Å². The summed E-state index contributed by atoms with van der Waals surface area (Å²) in [5.41, 5.74) is 7.18. The van der Waals surface area contributed by atoms with Gasteiger partial charge in [0.05, 0.1) is 12.7 Å². The molecule has 1 amide bonds. The maximum Gasteiger partial charge on any atom is 0.341 e. The molecule has 0 heterocycles. The zero-order chi connectivity index (χ0) is 19.1. The molecule has 0 aliphatic carbocycles. The highest BCUT2D eigenvalue weighted by Crippen LogP contribution is 2.19. The molecule has 0 aliphatic rings. The third-order valence-corrected chi connectivity index (χ3v) is 3.99. The summed E-state index contributed by atoms with van der Waals surface area (Å²) >= 11 is 5.80. The van der Waals surface area contributed by atoms with E-state index in [1.54, 1.807) is 7.11 Å². The minimum Gasteiger partial charge on any atom is -0.497 e. The van der Waals surface area contributed by atoms with Gasteiger partial charge in [-0.1, -0.05) is 23.7 Å². The van der Waals surface area contributed by atoms with E-state index >= 15 is 0 Å². The van der Waals surface area contributed by atoms with Crippen molar-refractivity contribution >= 4 is 29.2 Å². The lowest BCUT2D eigenvalue weighted by atomic mass is 10.1. The SMILES string of the molecule is COc1ccc(CCNC(=O)[C@H](C)OC(=O)c2ccc(Cl)cc2N)cc1. The lowest BCUT2D eigenvalue weighted by Crippen LogP contribution is -2.37. The Hall–Kier alpha value is -2.73. The summed E-state index contributed by atoms with van der Waals surface area (Å²) in [6.45, 7) is 1.93. The van der Waals surface area contributed by atoms with Crippen LogP contribution in [0.2, 0.25) is 5.02 Å². The molecule has 0 spiro atoms. The summed E-state index contributed by atoms with van der Waals surface area (Å²) in [5.74, 6) is -0.267. The molecule has 0 radical (unpaired) electrons. The maximum absolute atomic E-state index is 12.1. The van der Waals surface area contributed by atoms with Gasteiger partial charge in [-0.2, -0.15) is 0 Å². The molecule has 0 saturated heterocycles. The summed E-state index contributed by atoms with van der Waals surface area (Å²) < 4.78 is 10.3. The van der Waals surface area contributed by atoms with E-state index in [0.29, 0.717) is 18.0 Å². The minimum atomic E-state index is -0.937. The summed E-state index contributed by atoms with van der Waals surface area (Å²) in [7, 11) is 1.61. The molecule has 0 unspecified atom stereocenters. The first kappa shape index (κ1) is 19.6. The zero-order valence-corrected chi connectivity index (χ0v) is 15.4. The van der Waals surface area contributed by atoms with E-state index in [2.05, 4.69) is 5.32 Å². The van der Waals surface area contributed by atoms with Crippen LogP contribution in [0.5, 0.6) is 5.75 Å². The fourth-order valence-electron chi connectivity index (χ4n) is 2.26. The summed E-state index contributed by atoms with van der Waals surface area (Å²) in [6.07, 6.45) is -0.283. The van der Waals surface area contributed by atoms with Gasteiger partial charge >= 0.3 is 5.97 Å². The average Bonchev–Trinajstić information content (AvgIpc) is 2.62. The number of benzene rings is 2. The van der Waals surface area contributed by atoms with E-state index in [1.807, 2.05) is 24.3 Å². The largest absolute Gasteiger partial charge is 0.497 e. The third kappa shape index (κ3) is 5.39. The van der Waals surface area contributed by atoms with E-state index in [9.17, 15) is 9.59 Å². The second-order valence-electron chi connectivity index (χ2n) is 5.67. The van der Waals surface area contributed by atoms with Crippen molar-refractivity contribution in [2.75, 3.05) is 19.4 Å². The fourth-order valence-corrected chi connectivity index (χ4v) is 2.44. The Morgan fingerprint density at radius 1 is 1.19 bits per heavy atom. The molecule has 2 aromatic carbocycles. The molecule has 26 heavy (non-hydrogen) atoms. The van der Waals surface area contributed by atoms with Crippen LogP contribution in [0.4, 0.5) is 5.69 Å². The van der Waals surface area contributed by atoms with Gasteiger partial charge in [0.2, 0.25) is 0 Å². The Labute approximate surface area is 157 Å². The fraction of sp³-hybridized carbons (Fsp3) is 0.263. The smallest absolute Gasteiger partial charge is 0.341 e. The van der Waals surface area contributed by atoms with Gasteiger partial charge in [-0.3, -0.25) is 4.79 Å². The average molecular weight is 377 g/mol. The van der Waals surface area contributed by atoms with Gasteiger partial charge in [-0.25, -0.2) is 4.79 Å². The first-order valence-electron chi connectivity index (χ1n) is 8.07. The molecule has 138 valence electrons. The normalized spacial score (nSPS) is 11.5. The number of nitrogens with one attached hydrogen (secondary N) is 1. The number of ether oxygens (including phenoxy) is 2. The number of halogens is 1. The van der Waals surface area contributed by atoms with Gasteiger partial charge in [0.25, 0.3) is 5.91 Å². The highest BCUT2D eigenvalue weighted by atomic mass is 35.5. The summed E-state index contributed by atoms with van der Waals surface area (Å²) in [4.78, 5) is 24.2. The van der Waals surface area contributed by atoms with Crippen molar-refractivity contribution in [1.82, 2.24) is 5.32 Å². The van der Waals surface area contributed by atoms with Crippen molar-refractivity contribution in [3.8, 4) is 5.75 Å². The van der Waals surface area contributed by atoms with Gasteiger partial charge in [0, 0.05) is 17.3 Å². The van der Waals surface area contributed by atoms with Crippen LogP contribution >= 0.6 is 11.6 Å². The molecular weight excluding hydrogens is 356 g/mol. The van der Waals surface area contributed by atoms with Crippen LogP contribution < -0.4 is 15.8 Å². The number of carbonyl (C=O) groups excluding carboxylic acids is 2. The molecule has 1 atom stereocenters. The molecule has 0 saturated carbocycles. The Bertz CT molecular complexity index is 778. The molecule has 3 N–H and O–H groups in total. The molecule has 0 aromatic heterocycles. The monoisotopic (exact) mass is 376 g/mol. The van der Waals surface area contributed by atoms with E-state index in [0.717, 1.165) is 11.3 Å².